The zero-order valence-electron chi connectivity index (χ0n) is 16.9. The van der Waals surface area contributed by atoms with Gasteiger partial charge in [-0.1, -0.05) is 54.6 Å². The number of nitrogens with two attached hydrogens (primary N) is 1. The van der Waals surface area contributed by atoms with Gasteiger partial charge in [0, 0.05) is 24.4 Å². The second-order valence-corrected chi connectivity index (χ2v) is 8.04. The van der Waals surface area contributed by atoms with E-state index in [1.54, 1.807) is 12.3 Å². The van der Waals surface area contributed by atoms with Gasteiger partial charge in [-0.25, -0.2) is 0 Å². The van der Waals surface area contributed by atoms with Crippen molar-refractivity contribution < 1.29 is 14.7 Å². The molecule has 0 unspecified atom stereocenters. The zero-order valence-corrected chi connectivity index (χ0v) is 16.9. The van der Waals surface area contributed by atoms with Crippen LogP contribution >= 0.6 is 0 Å². The Balaban J connectivity index is 1.73. The fourth-order valence-corrected chi connectivity index (χ4v) is 4.44. The van der Waals surface area contributed by atoms with Crippen LogP contribution in [0.25, 0.3) is 16.6 Å². The van der Waals surface area contributed by atoms with E-state index < -0.39 is 11.7 Å². The van der Waals surface area contributed by atoms with Gasteiger partial charge in [-0.3, -0.25) is 9.59 Å². The van der Waals surface area contributed by atoms with Crippen molar-refractivity contribution in [3.63, 3.8) is 0 Å². The zero-order chi connectivity index (χ0) is 21.5. The molecule has 1 aliphatic carbocycles. The smallest absolute Gasteiger partial charge is 0.289 e. The van der Waals surface area contributed by atoms with E-state index in [-0.39, 0.29) is 11.7 Å². The third-order valence-corrected chi connectivity index (χ3v) is 5.96. The lowest BCUT2D eigenvalue weighted by molar-refractivity contribution is -0.114. The summed E-state index contributed by atoms with van der Waals surface area (Å²) in [4.78, 5) is 24.6. The van der Waals surface area contributed by atoms with Gasteiger partial charge in [0.2, 0.25) is 0 Å². The molecule has 1 fully saturated rings. The van der Waals surface area contributed by atoms with Crippen LogP contribution in [0.3, 0.4) is 0 Å². The van der Waals surface area contributed by atoms with Crippen molar-refractivity contribution in [2.75, 3.05) is 0 Å². The summed E-state index contributed by atoms with van der Waals surface area (Å²) in [6.45, 7) is 0. The van der Waals surface area contributed by atoms with Gasteiger partial charge in [0.1, 0.15) is 5.75 Å². The number of Topliss-reactive ketones (excluding diaryl/α,β-unsaturated/α-hetero) is 1. The maximum absolute atomic E-state index is 12.8. The van der Waals surface area contributed by atoms with Crippen molar-refractivity contribution in [1.82, 2.24) is 4.40 Å². The van der Waals surface area contributed by atoms with Gasteiger partial charge in [-0.15, -0.1) is 0 Å². The molecule has 2 aromatic carbocycles. The number of carbonyl (C=O) groups excluding carboxylic acids is 2. The van der Waals surface area contributed by atoms with Gasteiger partial charge >= 0.3 is 0 Å². The van der Waals surface area contributed by atoms with Crippen LogP contribution in [0.5, 0.6) is 5.75 Å². The van der Waals surface area contributed by atoms with E-state index in [1.165, 1.54) is 6.07 Å². The number of rotatable bonds is 6. The van der Waals surface area contributed by atoms with Crippen LogP contribution in [-0.4, -0.2) is 21.2 Å². The van der Waals surface area contributed by atoms with E-state index in [1.807, 2.05) is 34.7 Å². The number of pyridine rings is 1. The molecular formula is C26H22N2O3. The normalized spacial score (nSPS) is 13.4. The van der Waals surface area contributed by atoms with Crippen LogP contribution in [0.4, 0.5) is 0 Å². The molecule has 0 bridgehead atoms. The molecule has 0 saturated heterocycles. The van der Waals surface area contributed by atoms with E-state index >= 15 is 0 Å². The maximum Gasteiger partial charge on any atom is 0.289 e. The number of aromatic hydroxyl groups is 1. The Morgan fingerprint density at radius 3 is 2.42 bits per heavy atom. The quantitative estimate of drug-likeness (QED) is 0.364. The van der Waals surface area contributed by atoms with Crippen molar-refractivity contribution in [2.45, 2.75) is 25.2 Å². The summed E-state index contributed by atoms with van der Waals surface area (Å²) in [5, 5.41) is 10.1. The molecule has 0 atom stereocenters. The van der Waals surface area contributed by atoms with E-state index in [0.29, 0.717) is 17.5 Å². The van der Waals surface area contributed by atoms with Gasteiger partial charge in [-0.05, 0) is 47.1 Å². The van der Waals surface area contributed by atoms with Gasteiger partial charge in [-0.2, -0.15) is 0 Å². The summed E-state index contributed by atoms with van der Waals surface area (Å²) in [7, 11) is 0. The van der Waals surface area contributed by atoms with Gasteiger partial charge < -0.3 is 15.2 Å². The first kappa shape index (κ1) is 19.1. The molecule has 5 nitrogen and oxygen atoms in total. The highest BCUT2D eigenvalue weighted by molar-refractivity contribution is 6.44. The molecule has 1 aliphatic rings. The lowest BCUT2D eigenvalue weighted by Gasteiger charge is -2.12. The largest absolute Gasteiger partial charge is 0.508 e. The fourth-order valence-electron chi connectivity index (χ4n) is 4.44. The number of carbonyl (C=O) groups is 2. The molecule has 0 spiro atoms. The van der Waals surface area contributed by atoms with E-state index in [4.69, 9.17) is 5.73 Å². The van der Waals surface area contributed by atoms with Crippen LogP contribution in [0.15, 0.2) is 72.9 Å². The molecule has 3 N–H and O–H groups in total. The molecule has 1 amide bonds. The number of amides is 1. The summed E-state index contributed by atoms with van der Waals surface area (Å²) in [6, 6.07) is 21.5. The van der Waals surface area contributed by atoms with Crippen LogP contribution in [0, 0.1) is 0 Å². The molecule has 2 aromatic heterocycles. The topological polar surface area (TPSA) is 84.8 Å². The number of hydrogen-bond acceptors (Lipinski definition) is 3. The Kier molecular flexibility index (Phi) is 4.59. The lowest BCUT2D eigenvalue weighted by atomic mass is 9.93. The average molecular weight is 410 g/mol. The van der Waals surface area contributed by atoms with Crippen molar-refractivity contribution in [3.05, 3.63) is 95.3 Å². The van der Waals surface area contributed by atoms with Crippen molar-refractivity contribution >= 4 is 17.2 Å². The van der Waals surface area contributed by atoms with Crippen LogP contribution < -0.4 is 5.73 Å². The number of fused-ring (bicyclic) bond motifs is 1. The lowest BCUT2D eigenvalue weighted by Crippen LogP contribution is -2.23. The molecule has 5 heteroatoms. The predicted octanol–water partition coefficient (Wildman–Crippen LogP) is 4.45. The average Bonchev–Trinajstić information content (AvgIpc) is 3.57. The summed E-state index contributed by atoms with van der Waals surface area (Å²) in [5.74, 6) is -1.41. The Labute approximate surface area is 179 Å². The van der Waals surface area contributed by atoms with Crippen molar-refractivity contribution in [1.29, 1.82) is 0 Å². The second-order valence-electron chi connectivity index (χ2n) is 8.04. The minimum Gasteiger partial charge on any atom is -0.508 e. The molecule has 0 aliphatic heterocycles. The van der Waals surface area contributed by atoms with Crippen LogP contribution in [0.1, 0.15) is 45.9 Å². The highest BCUT2D eigenvalue weighted by Crippen LogP contribution is 2.46. The first-order valence-corrected chi connectivity index (χ1v) is 10.4. The molecule has 154 valence electrons. The second kappa shape index (κ2) is 7.43. The van der Waals surface area contributed by atoms with Gasteiger partial charge in [0.15, 0.2) is 0 Å². The third-order valence-electron chi connectivity index (χ3n) is 5.96. The molecular weight excluding hydrogens is 388 g/mol. The maximum atomic E-state index is 12.8. The van der Waals surface area contributed by atoms with Crippen molar-refractivity contribution in [2.24, 2.45) is 5.73 Å². The number of ketones is 1. The number of hydrogen-bond donors (Lipinski definition) is 2. The highest BCUT2D eigenvalue weighted by atomic mass is 16.3. The van der Waals surface area contributed by atoms with E-state index in [2.05, 4.69) is 24.3 Å². The summed E-state index contributed by atoms with van der Waals surface area (Å²) in [6.07, 6.45) is 4.29. The Morgan fingerprint density at radius 1 is 1.00 bits per heavy atom. The van der Waals surface area contributed by atoms with Crippen molar-refractivity contribution in [3.8, 4) is 16.9 Å². The molecule has 1 saturated carbocycles. The Morgan fingerprint density at radius 2 is 1.71 bits per heavy atom. The van der Waals surface area contributed by atoms with Gasteiger partial charge in [0.05, 0.1) is 11.1 Å². The van der Waals surface area contributed by atoms with Crippen LogP contribution in [-0.2, 0) is 11.2 Å². The first-order valence-electron chi connectivity index (χ1n) is 10.4. The fraction of sp³-hybridized carbons (Fsp3) is 0.154. The van der Waals surface area contributed by atoms with Crippen LogP contribution in [0.2, 0.25) is 0 Å². The number of benzene rings is 2. The standard InChI is InChI=1S/C26H22N2O3/c27-26(31)25(30)24-22-15-19(29)12-13-28(22)21(23(24)17-10-11-17)14-18-8-4-5-9-20(18)16-6-2-1-3-7-16/h1-9,12-13,15,17,29H,10-11,14H2,(H2,27,31). The molecule has 4 aromatic rings. The summed E-state index contributed by atoms with van der Waals surface area (Å²) >= 11 is 0. The van der Waals surface area contributed by atoms with Gasteiger partial charge in [0.25, 0.3) is 11.7 Å². The number of primary amides is 1. The van der Waals surface area contributed by atoms with E-state index in [0.717, 1.165) is 40.8 Å². The Bertz CT molecular complexity index is 1320. The highest BCUT2D eigenvalue weighted by Gasteiger charge is 2.36. The SMILES string of the molecule is NC(=O)C(=O)c1c(C2CC2)c(Cc2ccccc2-c2ccccc2)n2ccc(O)cc12. The predicted molar refractivity (Wildman–Crippen MR) is 119 cm³/mol. The molecule has 5 rings (SSSR count). The molecule has 0 radical (unpaired) electrons. The Hall–Kier alpha value is -3.86. The summed E-state index contributed by atoms with van der Waals surface area (Å²) in [5.41, 5.74) is 11.5. The third kappa shape index (κ3) is 3.38. The minimum absolute atomic E-state index is 0.0436. The molecule has 31 heavy (non-hydrogen) atoms. The van der Waals surface area contributed by atoms with E-state index in [9.17, 15) is 14.7 Å². The minimum atomic E-state index is -0.978. The summed E-state index contributed by atoms with van der Waals surface area (Å²) < 4.78 is 1.92. The molecule has 2 heterocycles. The number of aromatic nitrogens is 1. The monoisotopic (exact) mass is 410 g/mol. The first-order chi connectivity index (χ1) is 15.0. The number of nitrogens with zero attached hydrogens (tertiary/aromatic N) is 1.